The van der Waals surface area contributed by atoms with Crippen LogP contribution in [0.5, 0.6) is 0 Å². The van der Waals surface area contributed by atoms with Gasteiger partial charge in [0, 0.05) is 11.4 Å². The fourth-order valence-corrected chi connectivity index (χ4v) is 3.40. The highest BCUT2D eigenvalue weighted by molar-refractivity contribution is 7.09. The zero-order valence-corrected chi connectivity index (χ0v) is 14.4. The Morgan fingerprint density at radius 1 is 1.23 bits per heavy atom. The van der Waals surface area contributed by atoms with Gasteiger partial charge in [0.25, 0.3) is 0 Å². The Bertz CT molecular complexity index is 787. The van der Waals surface area contributed by atoms with Gasteiger partial charge < -0.3 is 4.98 Å². The Kier molecular flexibility index (Phi) is 4.27. The Hall–Kier alpha value is -1.72. The first kappa shape index (κ1) is 15.2. The summed E-state index contributed by atoms with van der Waals surface area (Å²) in [5.74, 6) is 1.03. The van der Waals surface area contributed by atoms with Crippen LogP contribution in [0, 0.1) is 20.8 Å². The number of benzene rings is 1. The number of H-pyrrole nitrogens is 1. The van der Waals surface area contributed by atoms with Crippen molar-refractivity contribution in [3.05, 3.63) is 45.2 Å². The predicted molar refractivity (Wildman–Crippen MR) is 92.5 cm³/mol. The monoisotopic (exact) mass is 314 g/mol. The number of nitrogens with zero attached hydrogens (tertiary/aromatic N) is 3. The van der Waals surface area contributed by atoms with Crippen LogP contribution in [0.15, 0.2) is 17.6 Å². The van der Waals surface area contributed by atoms with E-state index in [0.29, 0.717) is 0 Å². The highest BCUT2D eigenvalue weighted by Gasteiger charge is 2.10. The Morgan fingerprint density at radius 2 is 2.05 bits per heavy atom. The van der Waals surface area contributed by atoms with Gasteiger partial charge in [0.2, 0.25) is 0 Å². The largest absolute Gasteiger partial charge is 0.341 e. The van der Waals surface area contributed by atoms with Crippen LogP contribution in [0.3, 0.4) is 0 Å². The van der Waals surface area contributed by atoms with E-state index < -0.39 is 0 Å². The number of fused-ring (bicyclic) bond motifs is 1. The van der Waals surface area contributed by atoms with E-state index in [4.69, 9.17) is 4.98 Å². The number of aryl methyl sites for hydroxylation is 3. The van der Waals surface area contributed by atoms with Crippen molar-refractivity contribution >= 4 is 22.4 Å². The summed E-state index contributed by atoms with van der Waals surface area (Å²) in [7, 11) is 2.14. The van der Waals surface area contributed by atoms with Crippen molar-refractivity contribution < 1.29 is 0 Å². The molecule has 5 heteroatoms. The fraction of sp³-hybridized carbons (Fsp3) is 0.412. The molecule has 4 nitrogen and oxygen atoms in total. The highest BCUT2D eigenvalue weighted by Crippen LogP contribution is 2.20. The summed E-state index contributed by atoms with van der Waals surface area (Å²) in [6, 6.07) is 4.27. The smallest absolute Gasteiger partial charge is 0.121 e. The molecule has 0 bridgehead atoms. The number of nitrogens with one attached hydrogen (secondary N) is 1. The van der Waals surface area contributed by atoms with Gasteiger partial charge in [0.15, 0.2) is 0 Å². The van der Waals surface area contributed by atoms with Gasteiger partial charge in [-0.05, 0) is 51.4 Å². The van der Waals surface area contributed by atoms with Crippen molar-refractivity contribution in [2.45, 2.75) is 33.7 Å². The average Bonchev–Trinajstić information content (AvgIpc) is 3.07. The lowest BCUT2D eigenvalue weighted by atomic mass is 10.1. The van der Waals surface area contributed by atoms with Crippen molar-refractivity contribution in [2.75, 3.05) is 13.6 Å². The lowest BCUT2D eigenvalue weighted by Crippen LogP contribution is -2.21. The first-order chi connectivity index (χ1) is 10.5. The molecule has 116 valence electrons. The molecule has 0 aliphatic heterocycles. The summed E-state index contributed by atoms with van der Waals surface area (Å²) in [5, 5.41) is 0. The summed E-state index contributed by atoms with van der Waals surface area (Å²) >= 11 is 1.74. The number of hydrogen-bond donors (Lipinski definition) is 1. The Balaban J connectivity index is 1.67. The summed E-state index contributed by atoms with van der Waals surface area (Å²) in [6.45, 7) is 8.20. The van der Waals surface area contributed by atoms with Gasteiger partial charge in [-0.15, -0.1) is 11.3 Å². The van der Waals surface area contributed by atoms with Gasteiger partial charge in [-0.1, -0.05) is 6.07 Å². The molecule has 0 aliphatic carbocycles. The second kappa shape index (κ2) is 6.18. The van der Waals surface area contributed by atoms with Crippen molar-refractivity contribution in [1.82, 2.24) is 19.9 Å². The van der Waals surface area contributed by atoms with Gasteiger partial charge in [-0.25, -0.2) is 9.97 Å². The van der Waals surface area contributed by atoms with Crippen LogP contribution in [-0.2, 0) is 13.0 Å². The standard InChI is InChI=1S/C17H22N4S/c1-11-5-6-14-17(12(11)2)20-16(19-14)9-21(4)8-7-15-13(3)18-10-22-15/h5-6,10H,7-9H2,1-4H3,(H,19,20). The third kappa shape index (κ3) is 3.05. The van der Waals surface area contributed by atoms with E-state index in [1.165, 1.54) is 16.0 Å². The van der Waals surface area contributed by atoms with E-state index in [2.05, 4.69) is 54.8 Å². The van der Waals surface area contributed by atoms with Crippen LogP contribution >= 0.6 is 11.3 Å². The molecule has 0 unspecified atom stereocenters. The maximum atomic E-state index is 4.77. The van der Waals surface area contributed by atoms with E-state index in [-0.39, 0.29) is 0 Å². The van der Waals surface area contributed by atoms with Crippen LogP contribution in [0.1, 0.15) is 27.5 Å². The summed E-state index contributed by atoms with van der Waals surface area (Å²) in [4.78, 5) is 16.2. The maximum absolute atomic E-state index is 4.77. The minimum Gasteiger partial charge on any atom is -0.341 e. The first-order valence-corrected chi connectivity index (χ1v) is 8.45. The average molecular weight is 314 g/mol. The lowest BCUT2D eigenvalue weighted by molar-refractivity contribution is 0.324. The van der Waals surface area contributed by atoms with Crippen molar-refractivity contribution in [3.63, 3.8) is 0 Å². The van der Waals surface area contributed by atoms with Crippen LogP contribution < -0.4 is 0 Å². The second-order valence-corrected chi connectivity index (χ2v) is 6.88. The topological polar surface area (TPSA) is 44.8 Å². The van der Waals surface area contributed by atoms with Gasteiger partial charge in [-0.2, -0.15) is 0 Å². The zero-order valence-electron chi connectivity index (χ0n) is 13.6. The molecular weight excluding hydrogens is 292 g/mol. The molecule has 0 atom stereocenters. The van der Waals surface area contributed by atoms with Crippen LogP contribution in [0.2, 0.25) is 0 Å². The molecule has 2 aromatic heterocycles. The molecule has 2 heterocycles. The van der Waals surface area contributed by atoms with Crippen molar-refractivity contribution in [3.8, 4) is 0 Å². The molecule has 1 aromatic carbocycles. The summed E-state index contributed by atoms with van der Waals surface area (Å²) in [6.07, 6.45) is 1.05. The predicted octanol–water partition coefficient (Wildman–Crippen LogP) is 3.62. The number of aromatic nitrogens is 3. The van der Waals surface area contributed by atoms with Gasteiger partial charge in [0.05, 0.1) is 28.8 Å². The van der Waals surface area contributed by atoms with Crippen LogP contribution in [-0.4, -0.2) is 33.4 Å². The number of aromatic amines is 1. The van der Waals surface area contributed by atoms with E-state index in [1.54, 1.807) is 11.3 Å². The minimum atomic E-state index is 0.838. The summed E-state index contributed by atoms with van der Waals surface area (Å²) < 4.78 is 0. The van der Waals surface area contributed by atoms with E-state index in [0.717, 1.165) is 42.1 Å². The second-order valence-electron chi connectivity index (χ2n) is 5.94. The third-order valence-corrected chi connectivity index (χ3v) is 5.21. The van der Waals surface area contributed by atoms with Gasteiger partial charge >= 0.3 is 0 Å². The molecule has 0 aliphatic rings. The minimum absolute atomic E-state index is 0.838. The number of hydrogen-bond acceptors (Lipinski definition) is 4. The molecule has 0 saturated heterocycles. The van der Waals surface area contributed by atoms with Crippen molar-refractivity contribution in [1.29, 1.82) is 0 Å². The highest BCUT2D eigenvalue weighted by atomic mass is 32.1. The Morgan fingerprint density at radius 3 is 2.77 bits per heavy atom. The fourth-order valence-electron chi connectivity index (χ4n) is 2.63. The van der Waals surface area contributed by atoms with E-state index in [1.807, 2.05) is 5.51 Å². The van der Waals surface area contributed by atoms with Gasteiger partial charge in [-0.3, -0.25) is 4.90 Å². The lowest BCUT2D eigenvalue weighted by Gasteiger charge is -2.14. The number of imidazole rings is 1. The number of thiazole rings is 1. The molecular formula is C17H22N4S. The number of rotatable bonds is 5. The molecule has 0 amide bonds. The maximum Gasteiger partial charge on any atom is 0.121 e. The van der Waals surface area contributed by atoms with Crippen LogP contribution in [0.4, 0.5) is 0 Å². The third-order valence-electron chi connectivity index (χ3n) is 4.21. The number of likely N-dealkylation sites (N-methyl/N-ethyl adjacent to an activating group) is 1. The van der Waals surface area contributed by atoms with Crippen molar-refractivity contribution in [2.24, 2.45) is 0 Å². The van der Waals surface area contributed by atoms with Crippen LogP contribution in [0.25, 0.3) is 11.0 Å². The zero-order chi connectivity index (χ0) is 15.7. The quantitative estimate of drug-likeness (QED) is 0.782. The first-order valence-electron chi connectivity index (χ1n) is 7.57. The molecule has 22 heavy (non-hydrogen) atoms. The SMILES string of the molecule is Cc1ccc2[nH]c(CN(C)CCc3scnc3C)nc2c1C. The molecule has 0 saturated carbocycles. The molecule has 0 fully saturated rings. The molecule has 3 rings (SSSR count). The van der Waals surface area contributed by atoms with E-state index >= 15 is 0 Å². The molecule has 3 aromatic rings. The molecule has 0 radical (unpaired) electrons. The van der Waals surface area contributed by atoms with E-state index in [9.17, 15) is 0 Å². The summed E-state index contributed by atoms with van der Waals surface area (Å²) in [5.41, 5.74) is 7.87. The molecule has 0 spiro atoms. The van der Waals surface area contributed by atoms with Gasteiger partial charge in [0.1, 0.15) is 5.82 Å². The Labute approximate surface area is 135 Å². The molecule has 1 N–H and O–H groups in total. The normalized spacial score (nSPS) is 11.7.